The van der Waals surface area contributed by atoms with Crippen molar-refractivity contribution in [2.24, 2.45) is 0 Å². The topological polar surface area (TPSA) is 58.6 Å². The van der Waals surface area contributed by atoms with Gasteiger partial charge in [0.25, 0.3) is 10.0 Å². The van der Waals surface area contributed by atoms with E-state index in [1.807, 2.05) is 13.0 Å². The van der Waals surface area contributed by atoms with Crippen LogP contribution in [0.2, 0.25) is 0 Å². The van der Waals surface area contributed by atoms with Crippen molar-refractivity contribution in [1.82, 2.24) is 9.62 Å². The molecule has 1 aromatic heterocycles. The summed E-state index contributed by atoms with van der Waals surface area (Å²) < 4.78 is 32.0. The van der Waals surface area contributed by atoms with Gasteiger partial charge in [-0.25, -0.2) is 8.42 Å². The maximum absolute atomic E-state index is 12.5. The van der Waals surface area contributed by atoms with Crippen molar-refractivity contribution in [3.8, 4) is 0 Å². The van der Waals surface area contributed by atoms with Gasteiger partial charge in [-0.3, -0.25) is 0 Å². The number of nitrogens with one attached hydrogen (secondary N) is 1. The molecule has 1 aliphatic carbocycles. The van der Waals surface area contributed by atoms with E-state index in [9.17, 15) is 8.42 Å². The van der Waals surface area contributed by atoms with Gasteiger partial charge in [0, 0.05) is 37.7 Å². The van der Waals surface area contributed by atoms with E-state index >= 15 is 0 Å². The second-order valence-electron chi connectivity index (χ2n) is 5.19. The smallest absolute Gasteiger partial charge is 0.252 e. The third-order valence-electron chi connectivity index (χ3n) is 3.51. The van der Waals surface area contributed by atoms with Crippen molar-refractivity contribution >= 4 is 21.4 Å². The first kappa shape index (κ1) is 16.9. The van der Waals surface area contributed by atoms with E-state index in [4.69, 9.17) is 4.74 Å². The molecule has 1 fully saturated rings. The highest BCUT2D eigenvalue weighted by atomic mass is 32.2. The van der Waals surface area contributed by atoms with Gasteiger partial charge >= 0.3 is 0 Å². The Morgan fingerprint density at radius 2 is 2.19 bits per heavy atom. The summed E-state index contributed by atoms with van der Waals surface area (Å²) in [5, 5.41) is 3.45. The largest absolute Gasteiger partial charge is 0.383 e. The van der Waals surface area contributed by atoms with E-state index in [1.165, 1.54) is 28.5 Å². The zero-order valence-corrected chi connectivity index (χ0v) is 14.3. The Hall–Kier alpha value is -0.470. The average molecular weight is 332 g/mol. The lowest BCUT2D eigenvalue weighted by molar-refractivity contribution is 0.180. The minimum Gasteiger partial charge on any atom is -0.383 e. The standard InChI is InChI=1S/C14H24N2O3S2/c1-3-16(10-11-19-2)21(17,18)14-7-6-13(20-14)8-9-15-12-4-5-12/h6-7,12,15H,3-5,8-11H2,1-2H3. The van der Waals surface area contributed by atoms with Gasteiger partial charge in [0.15, 0.2) is 0 Å². The molecule has 0 unspecified atom stereocenters. The van der Waals surface area contributed by atoms with Crippen LogP contribution in [-0.2, 0) is 21.2 Å². The van der Waals surface area contributed by atoms with E-state index in [1.54, 1.807) is 13.2 Å². The summed E-state index contributed by atoms with van der Waals surface area (Å²) in [6.07, 6.45) is 3.44. The highest BCUT2D eigenvalue weighted by Gasteiger charge is 2.25. The zero-order valence-electron chi connectivity index (χ0n) is 12.7. The highest BCUT2D eigenvalue weighted by molar-refractivity contribution is 7.91. The molecule has 1 heterocycles. The van der Waals surface area contributed by atoms with Crippen LogP contribution in [0, 0.1) is 0 Å². The molecule has 1 aliphatic rings. The third kappa shape index (κ3) is 4.75. The summed E-state index contributed by atoms with van der Waals surface area (Å²) in [4.78, 5) is 1.12. The molecule has 0 bridgehead atoms. The Morgan fingerprint density at radius 3 is 2.81 bits per heavy atom. The molecule has 1 saturated carbocycles. The van der Waals surface area contributed by atoms with Crippen LogP contribution in [0.5, 0.6) is 0 Å². The second-order valence-corrected chi connectivity index (χ2v) is 8.52. The number of nitrogens with zero attached hydrogens (tertiary/aromatic N) is 1. The molecule has 0 atom stereocenters. The number of rotatable bonds is 10. The first-order valence-corrected chi connectivity index (χ1v) is 9.64. The van der Waals surface area contributed by atoms with E-state index in [0.717, 1.165) is 17.8 Å². The van der Waals surface area contributed by atoms with E-state index in [-0.39, 0.29) is 0 Å². The molecule has 5 nitrogen and oxygen atoms in total. The SMILES string of the molecule is CCN(CCOC)S(=O)(=O)c1ccc(CCNC2CC2)s1. The number of methoxy groups -OCH3 is 1. The summed E-state index contributed by atoms with van der Waals surface area (Å²) in [7, 11) is -1.80. The van der Waals surface area contributed by atoms with E-state index in [0.29, 0.717) is 29.9 Å². The Balaban J connectivity index is 1.96. The Bertz CT molecular complexity index is 538. The Labute approximate surface area is 131 Å². The average Bonchev–Trinajstić information content (AvgIpc) is 3.15. The van der Waals surface area contributed by atoms with Gasteiger partial charge in [-0.05, 0) is 31.4 Å². The number of sulfonamides is 1. The van der Waals surface area contributed by atoms with Crippen LogP contribution in [-0.4, -0.2) is 52.1 Å². The van der Waals surface area contributed by atoms with Gasteiger partial charge in [0.2, 0.25) is 0 Å². The lowest BCUT2D eigenvalue weighted by Gasteiger charge is -2.18. The minimum atomic E-state index is -3.38. The molecule has 120 valence electrons. The molecule has 0 amide bonds. The highest BCUT2D eigenvalue weighted by Crippen LogP contribution is 2.25. The molecular formula is C14H24N2O3S2. The van der Waals surface area contributed by atoms with Crippen molar-refractivity contribution in [2.75, 3.05) is 33.4 Å². The number of thiophene rings is 1. The number of hydrogen-bond acceptors (Lipinski definition) is 5. The van der Waals surface area contributed by atoms with Crippen molar-refractivity contribution in [2.45, 2.75) is 36.4 Å². The molecule has 1 aromatic rings. The number of likely N-dealkylation sites (N-methyl/N-ethyl adjacent to an activating group) is 1. The lowest BCUT2D eigenvalue weighted by atomic mass is 10.3. The van der Waals surface area contributed by atoms with E-state index in [2.05, 4.69) is 5.32 Å². The minimum absolute atomic E-state index is 0.395. The van der Waals surface area contributed by atoms with Crippen molar-refractivity contribution in [3.63, 3.8) is 0 Å². The molecule has 1 N–H and O–H groups in total. The molecule has 0 radical (unpaired) electrons. The lowest BCUT2D eigenvalue weighted by Crippen LogP contribution is -2.33. The maximum Gasteiger partial charge on any atom is 0.252 e. The molecular weight excluding hydrogens is 308 g/mol. The first-order chi connectivity index (χ1) is 10.1. The van der Waals surface area contributed by atoms with Gasteiger partial charge in [-0.15, -0.1) is 11.3 Å². The van der Waals surface area contributed by atoms with Crippen molar-refractivity contribution in [1.29, 1.82) is 0 Å². The molecule has 0 spiro atoms. The normalized spacial score (nSPS) is 15.8. The molecule has 0 saturated heterocycles. The Kier molecular flexibility index (Phi) is 6.19. The van der Waals surface area contributed by atoms with Gasteiger partial charge in [0.05, 0.1) is 6.61 Å². The quantitative estimate of drug-likeness (QED) is 0.708. The van der Waals surface area contributed by atoms with Crippen LogP contribution < -0.4 is 5.32 Å². The number of ether oxygens (including phenoxy) is 1. The van der Waals surface area contributed by atoms with Gasteiger partial charge < -0.3 is 10.1 Å². The summed E-state index contributed by atoms with van der Waals surface area (Å²) in [5.41, 5.74) is 0. The fraction of sp³-hybridized carbons (Fsp3) is 0.714. The summed E-state index contributed by atoms with van der Waals surface area (Å²) in [5.74, 6) is 0. The monoisotopic (exact) mass is 332 g/mol. The summed E-state index contributed by atoms with van der Waals surface area (Å²) in [6, 6.07) is 4.34. The molecule has 0 aromatic carbocycles. The fourth-order valence-corrected chi connectivity index (χ4v) is 5.03. The van der Waals surface area contributed by atoms with Crippen molar-refractivity contribution < 1.29 is 13.2 Å². The van der Waals surface area contributed by atoms with Gasteiger partial charge in [-0.2, -0.15) is 4.31 Å². The van der Waals surface area contributed by atoms with Crippen LogP contribution >= 0.6 is 11.3 Å². The molecule has 21 heavy (non-hydrogen) atoms. The number of hydrogen-bond donors (Lipinski definition) is 1. The second kappa shape index (κ2) is 7.69. The molecule has 0 aliphatic heterocycles. The van der Waals surface area contributed by atoms with Crippen LogP contribution in [0.15, 0.2) is 16.3 Å². The zero-order chi connectivity index (χ0) is 15.3. The first-order valence-electron chi connectivity index (χ1n) is 7.39. The fourth-order valence-electron chi connectivity index (χ4n) is 2.09. The van der Waals surface area contributed by atoms with Crippen LogP contribution in [0.3, 0.4) is 0 Å². The summed E-state index contributed by atoms with van der Waals surface area (Å²) >= 11 is 1.38. The Morgan fingerprint density at radius 1 is 1.43 bits per heavy atom. The van der Waals surface area contributed by atoms with Gasteiger partial charge in [0.1, 0.15) is 4.21 Å². The summed E-state index contributed by atoms with van der Waals surface area (Å²) in [6.45, 7) is 4.04. The van der Waals surface area contributed by atoms with E-state index < -0.39 is 10.0 Å². The predicted molar refractivity (Wildman–Crippen MR) is 85.4 cm³/mol. The third-order valence-corrected chi connectivity index (χ3v) is 7.10. The van der Waals surface area contributed by atoms with Crippen LogP contribution in [0.25, 0.3) is 0 Å². The van der Waals surface area contributed by atoms with Crippen molar-refractivity contribution in [3.05, 3.63) is 17.0 Å². The molecule has 7 heteroatoms. The van der Waals surface area contributed by atoms with Crippen LogP contribution in [0.1, 0.15) is 24.6 Å². The van der Waals surface area contributed by atoms with Crippen LogP contribution in [0.4, 0.5) is 0 Å². The van der Waals surface area contributed by atoms with Gasteiger partial charge in [-0.1, -0.05) is 6.92 Å². The molecule has 2 rings (SSSR count). The predicted octanol–water partition coefficient (Wildman–Crippen LogP) is 1.70. The maximum atomic E-state index is 12.5.